The molecule has 1 heterocycles. The second kappa shape index (κ2) is 2.28. The first-order valence-corrected chi connectivity index (χ1v) is 2.61. The summed E-state index contributed by atoms with van der Waals surface area (Å²) in [4.78, 5) is 0. The fourth-order valence-corrected chi connectivity index (χ4v) is 0.746. The van der Waals surface area contributed by atoms with Gasteiger partial charge in [-0.05, 0) is 13.0 Å². The molecular formula is C5H10NO. The van der Waals surface area contributed by atoms with E-state index in [1.54, 1.807) is 0 Å². The van der Waals surface area contributed by atoms with Gasteiger partial charge in [0.05, 0.1) is 0 Å². The summed E-state index contributed by atoms with van der Waals surface area (Å²) in [7, 11) is 0. The normalized spacial score (nSPS) is 31.3. The van der Waals surface area contributed by atoms with Gasteiger partial charge in [-0.15, -0.1) is 0 Å². The van der Waals surface area contributed by atoms with Crippen LogP contribution < -0.4 is 5.32 Å². The number of aliphatic hydroxyl groups excluding tert-OH is 1. The number of nitrogens with one attached hydrogen (secondary N) is 1. The van der Waals surface area contributed by atoms with Crippen LogP contribution in [-0.2, 0) is 0 Å². The zero-order chi connectivity index (χ0) is 5.11. The Morgan fingerprint density at radius 1 is 1.86 bits per heavy atom. The molecule has 1 saturated heterocycles. The van der Waals surface area contributed by atoms with E-state index >= 15 is 0 Å². The topological polar surface area (TPSA) is 32.3 Å². The largest absolute Gasteiger partial charge is 0.396 e. The summed E-state index contributed by atoms with van der Waals surface area (Å²) >= 11 is 0. The van der Waals surface area contributed by atoms with E-state index in [9.17, 15) is 0 Å². The molecular weight excluding hydrogens is 90.1 g/mol. The summed E-state index contributed by atoms with van der Waals surface area (Å²) in [5.74, 6) is 0.417. The van der Waals surface area contributed by atoms with E-state index in [0.717, 1.165) is 13.0 Å². The lowest BCUT2D eigenvalue weighted by atomic mass is 10.1. The summed E-state index contributed by atoms with van der Waals surface area (Å²) in [6.45, 7) is 3.29. The molecule has 0 saturated carbocycles. The van der Waals surface area contributed by atoms with Crippen LogP contribution in [0.5, 0.6) is 0 Å². The molecule has 0 aromatic carbocycles. The van der Waals surface area contributed by atoms with Crippen molar-refractivity contribution in [3.63, 3.8) is 0 Å². The predicted octanol–water partition coefficient (Wildman–Crippen LogP) is -0.250. The summed E-state index contributed by atoms with van der Waals surface area (Å²) in [5, 5.41) is 11.5. The summed E-state index contributed by atoms with van der Waals surface area (Å²) in [6.07, 6.45) is 1.09. The van der Waals surface area contributed by atoms with Crippen molar-refractivity contribution in [2.45, 2.75) is 6.42 Å². The van der Waals surface area contributed by atoms with E-state index in [2.05, 4.69) is 5.32 Å². The van der Waals surface area contributed by atoms with Crippen molar-refractivity contribution in [1.29, 1.82) is 0 Å². The molecule has 2 N–H and O–H groups in total. The maximum atomic E-state index is 8.49. The minimum atomic E-state index is 0.299. The lowest BCUT2D eigenvalue weighted by Gasteiger charge is -1.97. The van der Waals surface area contributed by atoms with Gasteiger partial charge in [-0.1, -0.05) is 0 Å². The first kappa shape index (κ1) is 5.06. The zero-order valence-corrected chi connectivity index (χ0v) is 4.22. The van der Waals surface area contributed by atoms with Crippen molar-refractivity contribution in [3.05, 3.63) is 6.54 Å². The van der Waals surface area contributed by atoms with Gasteiger partial charge in [0.2, 0.25) is 0 Å². The summed E-state index contributed by atoms with van der Waals surface area (Å²) in [6, 6.07) is 0. The van der Waals surface area contributed by atoms with Crippen LogP contribution in [-0.4, -0.2) is 18.3 Å². The lowest BCUT2D eigenvalue weighted by molar-refractivity contribution is 0.248. The second-order valence-corrected chi connectivity index (χ2v) is 1.85. The molecule has 1 unspecified atom stereocenters. The molecule has 1 aliphatic rings. The van der Waals surface area contributed by atoms with Crippen molar-refractivity contribution in [1.82, 2.24) is 5.32 Å². The molecule has 0 aliphatic carbocycles. The van der Waals surface area contributed by atoms with Gasteiger partial charge in [-0.2, -0.15) is 0 Å². The van der Waals surface area contributed by atoms with Crippen LogP contribution in [0.15, 0.2) is 0 Å². The quantitative estimate of drug-likeness (QED) is 0.476. The Labute approximate surface area is 43.5 Å². The average Bonchev–Trinajstić information content (AvgIpc) is 2.14. The van der Waals surface area contributed by atoms with Gasteiger partial charge in [0, 0.05) is 19.1 Å². The number of hydrogen-bond acceptors (Lipinski definition) is 2. The highest BCUT2D eigenvalue weighted by molar-refractivity contribution is 4.80. The molecule has 2 heteroatoms. The molecule has 1 fully saturated rings. The molecule has 1 radical (unpaired) electrons. The monoisotopic (exact) mass is 100 g/mol. The lowest BCUT2D eigenvalue weighted by Crippen LogP contribution is -2.03. The van der Waals surface area contributed by atoms with E-state index in [-0.39, 0.29) is 0 Å². The fourth-order valence-electron chi connectivity index (χ4n) is 0.746. The van der Waals surface area contributed by atoms with E-state index in [0.29, 0.717) is 12.5 Å². The zero-order valence-electron chi connectivity index (χ0n) is 4.22. The molecule has 2 nitrogen and oxygen atoms in total. The standard InChI is InChI=1S/C5H10NO/c7-4-5-1-2-6-3-5/h3,5-7H,1-2,4H2. The SMILES string of the molecule is OCC1[CH]NCC1. The van der Waals surface area contributed by atoms with Crippen LogP contribution in [0.4, 0.5) is 0 Å². The Kier molecular flexibility index (Phi) is 1.65. The third-order valence-electron chi connectivity index (χ3n) is 1.25. The van der Waals surface area contributed by atoms with Gasteiger partial charge in [0.15, 0.2) is 0 Å². The summed E-state index contributed by atoms with van der Waals surface area (Å²) < 4.78 is 0. The summed E-state index contributed by atoms with van der Waals surface area (Å²) in [5.41, 5.74) is 0. The van der Waals surface area contributed by atoms with Crippen LogP contribution in [0.1, 0.15) is 6.42 Å². The van der Waals surface area contributed by atoms with Gasteiger partial charge < -0.3 is 10.4 Å². The molecule has 1 rings (SSSR count). The van der Waals surface area contributed by atoms with Gasteiger partial charge in [-0.3, -0.25) is 0 Å². The maximum Gasteiger partial charge on any atom is 0.0475 e. The van der Waals surface area contributed by atoms with Crippen molar-refractivity contribution in [2.75, 3.05) is 13.2 Å². The van der Waals surface area contributed by atoms with Crippen molar-refractivity contribution in [3.8, 4) is 0 Å². The Morgan fingerprint density at radius 2 is 2.71 bits per heavy atom. The number of rotatable bonds is 1. The third-order valence-corrected chi connectivity index (χ3v) is 1.25. The molecule has 41 valence electrons. The van der Waals surface area contributed by atoms with Crippen LogP contribution in [0.3, 0.4) is 0 Å². The molecule has 0 spiro atoms. The molecule has 7 heavy (non-hydrogen) atoms. The molecule has 1 aliphatic heterocycles. The minimum Gasteiger partial charge on any atom is -0.396 e. The Hall–Kier alpha value is -0.0800. The van der Waals surface area contributed by atoms with Gasteiger partial charge in [0.25, 0.3) is 0 Å². The number of aliphatic hydroxyl groups is 1. The Bertz CT molecular complexity index is 50.0. The molecule has 0 amide bonds. The maximum absolute atomic E-state index is 8.49. The van der Waals surface area contributed by atoms with Crippen LogP contribution in [0.2, 0.25) is 0 Å². The smallest absolute Gasteiger partial charge is 0.0475 e. The first-order valence-electron chi connectivity index (χ1n) is 2.61. The Morgan fingerprint density at radius 3 is 3.00 bits per heavy atom. The fraction of sp³-hybridized carbons (Fsp3) is 0.800. The third kappa shape index (κ3) is 1.14. The van der Waals surface area contributed by atoms with Crippen LogP contribution >= 0.6 is 0 Å². The highest BCUT2D eigenvalue weighted by Gasteiger charge is 2.12. The van der Waals surface area contributed by atoms with Gasteiger partial charge in [-0.25, -0.2) is 0 Å². The van der Waals surface area contributed by atoms with Crippen molar-refractivity contribution in [2.24, 2.45) is 5.92 Å². The molecule has 1 atom stereocenters. The highest BCUT2D eigenvalue weighted by atomic mass is 16.3. The van der Waals surface area contributed by atoms with Crippen LogP contribution in [0.25, 0.3) is 0 Å². The first-order chi connectivity index (χ1) is 3.43. The van der Waals surface area contributed by atoms with E-state index in [1.165, 1.54) is 0 Å². The van der Waals surface area contributed by atoms with Gasteiger partial charge in [0.1, 0.15) is 0 Å². The van der Waals surface area contributed by atoms with Crippen molar-refractivity contribution >= 4 is 0 Å². The number of hydrogen-bond donors (Lipinski definition) is 2. The molecule has 0 bridgehead atoms. The Balaban J connectivity index is 2.14. The second-order valence-electron chi connectivity index (χ2n) is 1.85. The molecule has 0 aromatic rings. The highest BCUT2D eigenvalue weighted by Crippen LogP contribution is 2.08. The predicted molar refractivity (Wildman–Crippen MR) is 27.5 cm³/mol. The van der Waals surface area contributed by atoms with Crippen molar-refractivity contribution < 1.29 is 5.11 Å². The van der Waals surface area contributed by atoms with Crippen LogP contribution in [0, 0.1) is 12.5 Å². The van der Waals surface area contributed by atoms with E-state index < -0.39 is 0 Å². The minimum absolute atomic E-state index is 0.299. The van der Waals surface area contributed by atoms with E-state index in [1.807, 2.05) is 6.54 Å². The molecule has 0 aromatic heterocycles. The van der Waals surface area contributed by atoms with E-state index in [4.69, 9.17) is 5.11 Å². The average molecular weight is 100 g/mol. The van der Waals surface area contributed by atoms with Gasteiger partial charge >= 0.3 is 0 Å².